The average molecular weight is 239 g/mol. The Morgan fingerprint density at radius 2 is 1.83 bits per heavy atom. The molecule has 18 heavy (non-hydrogen) atoms. The molecule has 0 aliphatic carbocycles. The van der Waals surface area contributed by atoms with Crippen molar-refractivity contribution in [1.29, 1.82) is 0 Å². The van der Waals surface area contributed by atoms with Gasteiger partial charge in [-0.15, -0.1) is 0 Å². The van der Waals surface area contributed by atoms with Gasteiger partial charge in [-0.05, 0) is 29.8 Å². The number of hydrogen-bond acceptors (Lipinski definition) is 3. The Morgan fingerprint density at radius 3 is 2.56 bits per heavy atom. The molecule has 0 radical (unpaired) electrons. The van der Waals surface area contributed by atoms with Crippen molar-refractivity contribution in [3.8, 4) is 0 Å². The minimum Gasteiger partial charge on any atom is -0.380 e. The Balaban J connectivity index is 2.12. The van der Waals surface area contributed by atoms with Gasteiger partial charge in [0, 0.05) is 19.4 Å². The first-order valence-electron chi connectivity index (χ1n) is 5.76. The lowest BCUT2D eigenvalue weighted by Gasteiger charge is -2.10. The highest BCUT2D eigenvalue weighted by Gasteiger charge is 2.17. The number of aromatic nitrogens is 3. The number of rotatable bonds is 2. The van der Waals surface area contributed by atoms with Gasteiger partial charge in [0.05, 0.1) is 11.0 Å². The van der Waals surface area contributed by atoms with Crippen LogP contribution in [0.2, 0.25) is 0 Å². The molecule has 0 fully saturated rings. The van der Waals surface area contributed by atoms with E-state index in [9.17, 15) is 5.11 Å². The zero-order valence-corrected chi connectivity index (χ0v) is 9.99. The summed E-state index contributed by atoms with van der Waals surface area (Å²) in [6, 6.07) is 11.4. The summed E-state index contributed by atoms with van der Waals surface area (Å²) < 4.78 is 1.92. The second-order valence-corrected chi connectivity index (χ2v) is 4.20. The lowest BCUT2D eigenvalue weighted by molar-refractivity contribution is 0.207. The van der Waals surface area contributed by atoms with Crippen LogP contribution in [0.1, 0.15) is 17.5 Å². The van der Waals surface area contributed by atoms with Crippen molar-refractivity contribution in [3.63, 3.8) is 0 Å². The number of para-hydroxylation sites is 2. The summed E-state index contributed by atoms with van der Waals surface area (Å²) in [5, 5.41) is 10.4. The molecule has 4 heteroatoms. The average Bonchev–Trinajstić information content (AvgIpc) is 2.77. The number of aliphatic hydroxyl groups is 1. The normalized spacial score (nSPS) is 12.8. The number of pyridine rings is 1. The van der Waals surface area contributed by atoms with Crippen LogP contribution in [-0.2, 0) is 7.05 Å². The van der Waals surface area contributed by atoms with Crippen molar-refractivity contribution in [2.45, 2.75) is 6.10 Å². The maximum atomic E-state index is 10.4. The fraction of sp³-hybridized carbons (Fsp3) is 0.143. The van der Waals surface area contributed by atoms with Gasteiger partial charge < -0.3 is 9.67 Å². The Kier molecular flexibility index (Phi) is 2.57. The van der Waals surface area contributed by atoms with E-state index in [2.05, 4.69) is 9.97 Å². The molecule has 1 unspecified atom stereocenters. The number of imidazole rings is 1. The quantitative estimate of drug-likeness (QED) is 0.744. The molecule has 0 spiro atoms. The van der Waals surface area contributed by atoms with Gasteiger partial charge in [-0.3, -0.25) is 4.98 Å². The molecule has 4 nitrogen and oxygen atoms in total. The third-order valence-corrected chi connectivity index (χ3v) is 3.09. The molecule has 0 bridgehead atoms. The van der Waals surface area contributed by atoms with E-state index in [4.69, 9.17) is 0 Å². The SMILES string of the molecule is Cn1c(C(O)c2ccncc2)nc2ccccc21. The van der Waals surface area contributed by atoms with E-state index in [0.717, 1.165) is 16.6 Å². The van der Waals surface area contributed by atoms with Crippen molar-refractivity contribution in [1.82, 2.24) is 14.5 Å². The van der Waals surface area contributed by atoms with Crippen LogP contribution >= 0.6 is 0 Å². The smallest absolute Gasteiger partial charge is 0.143 e. The topological polar surface area (TPSA) is 50.9 Å². The first-order valence-corrected chi connectivity index (χ1v) is 5.76. The number of fused-ring (bicyclic) bond motifs is 1. The number of aryl methyl sites for hydroxylation is 1. The number of aliphatic hydroxyl groups excluding tert-OH is 1. The van der Waals surface area contributed by atoms with Crippen molar-refractivity contribution in [3.05, 3.63) is 60.2 Å². The van der Waals surface area contributed by atoms with Crippen LogP contribution < -0.4 is 0 Å². The van der Waals surface area contributed by atoms with Gasteiger partial charge in [-0.1, -0.05) is 12.1 Å². The molecule has 2 aromatic heterocycles. The molecular formula is C14H13N3O. The molecule has 0 amide bonds. The molecule has 1 atom stereocenters. The Morgan fingerprint density at radius 1 is 1.11 bits per heavy atom. The van der Waals surface area contributed by atoms with Gasteiger partial charge in [0.25, 0.3) is 0 Å². The summed E-state index contributed by atoms with van der Waals surface area (Å²) in [5.74, 6) is 0.641. The van der Waals surface area contributed by atoms with E-state index in [1.165, 1.54) is 0 Å². The fourth-order valence-electron chi connectivity index (χ4n) is 2.10. The van der Waals surface area contributed by atoms with E-state index < -0.39 is 6.10 Å². The maximum absolute atomic E-state index is 10.4. The summed E-state index contributed by atoms with van der Waals surface area (Å²) in [5.41, 5.74) is 2.70. The molecule has 90 valence electrons. The number of hydrogen-bond donors (Lipinski definition) is 1. The molecule has 2 heterocycles. The maximum Gasteiger partial charge on any atom is 0.143 e. The molecule has 0 aliphatic heterocycles. The Labute approximate surface area is 105 Å². The van der Waals surface area contributed by atoms with Gasteiger partial charge in [0.15, 0.2) is 0 Å². The Hall–Kier alpha value is -2.20. The van der Waals surface area contributed by atoms with Gasteiger partial charge in [-0.25, -0.2) is 4.98 Å². The molecule has 0 saturated heterocycles. The van der Waals surface area contributed by atoms with Crippen LogP contribution in [0.3, 0.4) is 0 Å². The van der Waals surface area contributed by atoms with Gasteiger partial charge in [0.2, 0.25) is 0 Å². The number of benzene rings is 1. The van der Waals surface area contributed by atoms with Gasteiger partial charge in [-0.2, -0.15) is 0 Å². The number of nitrogens with zero attached hydrogens (tertiary/aromatic N) is 3. The third-order valence-electron chi connectivity index (χ3n) is 3.09. The van der Waals surface area contributed by atoms with E-state index in [0.29, 0.717) is 5.82 Å². The van der Waals surface area contributed by atoms with Crippen molar-refractivity contribution in [2.24, 2.45) is 7.05 Å². The molecular weight excluding hydrogens is 226 g/mol. The molecule has 3 aromatic rings. The summed E-state index contributed by atoms with van der Waals surface area (Å²) >= 11 is 0. The zero-order valence-electron chi connectivity index (χ0n) is 9.99. The molecule has 0 saturated carbocycles. The van der Waals surface area contributed by atoms with Gasteiger partial charge >= 0.3 is 0 Å². The zero-order chi connectivity index (χ0) is 12.5. The third kappa shape index (κ3) is 1.67. The second kappa shape index (κ2) is 4.23. The summed E-state index contributed by atoms with van der Waals surface area (Å²) in [6.45, 7) is 0. The monoisotopic (exact) mass is 239 g/mol. The molecule has 1 aromatic carbocycles. The van der Waals surface area contributed by atoms with Crippen molar-refractivity contribution in [2.75, 3.05) is 0 Å². The lowest BCUT2D eigenvalue weighted by atomic mass is 10.1. The fourth-order valence-corrected chi connectivity index (χ4v) is 2.10. The summed E-state index contributed by atoms with van der Waals surface area (Å²) in [4.78, 5) is 8.43. The minimum absolute atomic E-state index is 0.641. The summed E-state index contributed by atoms with van der Waals surface area (Å²) in [7, 11) is 1.91. The van der Waals surface area contributed by atoms with Crippen LogP contribution in [0.25, 0.3) is 11.0 Å². The first-order chi connectivity index (χ1) is 8.77. The summed E-state index contributed by atoms with van der Waals surface area (Å²) in [6.07, 6.45) is 2.60. The largest absolute Gasteiger partial charge is 0.380 e. The van der Waals surface area contributed by atoms with Gasteiger partial charge in [0.1, 0.15) is 11.9 Å². The Bertz CT molecular complexity index is 676. The molecule has 1 N–H and O–H groups in total. The van der Waals surface area contributed by atoms with Crippen molar-refractivity contribution >= 4 is 11.0 Å². The van der Waals surface area contributed by atoms with Crippen LogP contribution in [0.4, 0.5) is 0 Å². The van der Waals surface area contributed by atoms with E-state index in [-0.39, 0.29) is 0 Å². The minimum atomic E-state index is -0.731. The van der Waals surface area contributed by atoms with Crippen LogP contribution in [0.5, 0.6) is 0 Å². The second-order valence-electron chi connectivity index (χ2n) is 4.20. The standard InChI is InChI=1S/C14H13N3O/c1-17-12-5-3-2-4-11(12)16-14(17)13(18)10-6-8-15-9-7-10/h2-9,13,18H,1H3. The van der Waals surface area contributed by atoms with E-state index in [1.807, 2.05) is 35.9 Å². The van der Waals surface area contributed by atoms with E-state index >= 15 is 0 Å². The molecule has 0 aliphatic rings. The van der Waals surface area contributed by atoms with Crippen LogP contribution in [-0.4, -0.2) is 19.6 Å². The molecule has 3 rings (SSSR count). The predicted octanol–water partition coefficient (Wildman–Crippen LogP) is 2.05. The van der Waals surface area contributed by atoms with Crippen molar-refractivity contribution < 1.29 is 5.11 Å². The highest BCUT2D eigenvalue weighted by atomic mass is 16.3. The van der Waals surface area contributed by atoms with E-state index in [1.54, 1.807) is 24.5 Å². The predicted molar refractivity (Wildman–Crippen MR) is 69.0 cm³/mol. The lowest BCUT2D eigenvalue weighted by Crippen LogP contribution is -2.07. The highest BCUT2D eigenvalue weighted by Crippen LogP contribution is 2.23. The highest BCUT2D eigenvalue weighted by molar-refractivity contribution is 5.75. The first kappa shape index (κ1) is 10.9. The van der Waals surface area contributed by atoms with Crippen LogP contribution in [0.15, 0.2) is 48.8 Å². The van der Waals surface area contributed by atoms with Crippen LogP contribution in [0, 0.1) is 0 Å².